The van der Waals surface area contributed by atoms with Gasteiger partial charge in [0.2, 0.25) is 0 Å². The third-order valence-electron chi connectivity index (χ3n) is 4.95. The van der Waals surface area contributed by atoms with E-state index in [0.29, 0.717) is 56.3 Å². The van der Waals surface area contributed by atoms with Gasteiger partial charge in [-0.3, -0.25) is 9.78 Å². The number of tetrazole rings is 1. The second kappa shape index (κ2) is 10.5. The summed E-state index contributed by atoms with van der Waals surface area (Å²) in [5, 5.41) is 18.4. The third kappa shape index (κ3) is 5.35. The Bertz CT molecular complexity index is 1280. The van der Waals surface area contributed by atoms with E-state index in [1.54, 1.807) is 13.2 Å². The van der Waals surface area contributed by atoms with E-state index in [-0.39, 0.29) is 5.56 Å². The van der Waals surface area contributed by atoms with E-state index in [1.807, 2.05) is 6.07 Å². The van der Waals surface area contributed by atoms with Crippen LogP contribution in [0.3, 0.4) is 0 Å². The zero-order valence-electron chi connectivity index (χ0n) is 17.7. The summed E-state index contributed by atoms with van der Waals surface area (Å²) in [4.78, 5) is 19.3. The second-order valence-corrected chi connectivity index (χ2v) is 7.97. The lowest BCUT2D eigenvalue weighted by Crippen LogP contribution is -2.09. The number of aromatic nitrogens is 6. The maximum absolute atomic E-state index is 12.5. The average Bonchev–Trinajstić information content (AvgIpc) is 3.32. The fourth-order valence-electron chi connectivity index (χ4n) is 3.38. The van der Waals surface area contributed by atoms with Gasteiger partial charge in [-0.1, -0.05) is 28.4 Å². The molecule has 12 heteroatoms. The summed E-state index contributed by atoms with van der Waals surface area (Å²) in [5.74, 6) is 1.67. The first-order valence-corrected chi connectivity index (χ1v) is 11.0. The molecule has 0 aliphatic heterocycles. The lowest BCUT2D eigenvalue weighted by atomic mass is 10.1. The Balaban J connectivity index is 1.55. The highest BCUT2D eigenvalue weighted by molar-refractivity contribution is 6.39. The predicted molar refractivity (Wildman–Crippen MR) is 126 cm³/mol. The molecule has 0 fully saturated rings. The number of methoxy groups -OCH3 is 1. The molecule has 0 atom stereocenters. The van der Waals surface area contributed by atoms with Gasteiger partial charge in [-0.05, 0) is 31.4 Å². The standard InChI is InChI=1S/C21H21Cl2N7O3/c1-32-16-7-6-12-15(25-20-13(22)10-24-11-14(20)23)9-18(31)26-19(12)21(16)33-8-4-2-3-5-17-27-29-30-28-17/h6-7,9-11H,2-5,8H2,1H3,(H2,24,25,26,31)(H,27,28,29,30). The summed E-state index contributed by atoms with van der Waals surface area (Å²) >= 11 is 12.5. The van der Waals surface area contributed by atoms with E-state index >= 15 is 0 Å². The number of hydrogen-bond acceptors (Lipinski definition) is 8. The minimum Gasteiger partial charge on any atom is -0.493 e. The smallest absolute Gasteiger partial charge is 0.250 e. The van der Waals surface area contributed by atoms with Crippen LogP contribution in [0.1, 0.15) is 25.1 Å². The van der Waals surface area contributed by atoms with Gasteiger partial charge >= 0.3 is 0 Å². The minimum atomic E-state index is -0.315. The van der Waals surface area contributed by atoms with Crippen molar-refractivity contribution in [3.05, 3.63) is 56.8 Å². The van der Waals surface area contributed by atoms with Crippen molar-refractivity contribution in [1.29, 1.82) is 0 Å². The van der Waals surface area contributed by atoms with Gasteiger partial charge in [0.1, 0.15) is 0 Å². The van der Waals surface area contributed by atoms with Crippen LogP contribution in [0.25, 0.3) is 10.9 Å². The average molecular weight is 490 g/mol. The van der Waals surface area contributed by atoms with Crippen molar-refractivity contribution in [2.75, 3.05) is 19.0 Å². The summed E-state index contributed by atoms with van der Waals surface area (Å²) in [7, 11) is 1.55. The molecule has 4 aromatic rings. The quantitative estimate of drug-likeness (QED) is 0.281. The summed E-state index contributed by atoms with van der Waals surface area (Å²) in [6.07, 6.45) is 6.33. The molecule has 0 saturated carbocycles. The Morgan fingerprint density at radius 3 is 2.67 bits per heavy atom. The highest BCUT2D eigenvalue weighted by atomic mass is 35.5. The molecule has 0 bridgehead atoms. The number of rotatable bonds is 10. The number of pyridine rings is 2. The van der Waals surface area contributed by atoms with E-state index in [2.05, 4.69) is 35.9 Å². The fraction of sp³-hybridized carbons (Fsp3) is 0.286. The van der Waals surface area contributed by atoms with Crippen molar-refractivity contribution in [1.82, 2.24) is 30.6 Å². The number of nitrogens with zero attached hydrogens (tertiary/aromatic N) is 4. The Morgan fingerprint density at radius 1 is 1.12 bits per heavy atom. The number of unbranched alkanes of at least 4 members (excludes halogenated alkanes) is 2. The highest BCUT2D eigenvalue weighted by Crippen LogP contribution is 2.39. The first-order chi connectivity index (χ1) is 16.1. The van der Waals surface area contributed by atoms with Gasteiger partial charge in [0, 0.05) is 30.3 Å². The number of fused-ring (bicyclic) bond motifs is 1. The molecule has 0 radical (unpaired) electrons. The molecule has 0 saturated heterocycles. The molecule has 33 heavy (non-hydrogen) atoms. The molecule has 1 aromatic carbocycles. The van der Waals surface area contributed by atoms with E-state index in [1.165, 1.54) is 18.5 Å². The van der Waals surface area contributed by atoms with Gasteiger partial charge in [0.25, 0.3) is 5.56 Å². The van der Waals surface area contributed by atoms with E-state index in [0.717, 1.165) is 25.7 Å². The second-order valence-electron chi connectivity index (χ2n) is 7.16. The van der Waals surface area contributed by atoms with Crippen molar-refractivity contribution in [2.45, 2.75) is 25.7 Å². The van der Waals surface area contributed by atoms with E-state index in [4.69, 9.17) is 32.7 Å². The number of nitrogens with one attached hydrogen (secondary N) is 3. The number of aromatic amines is 2. The minimum absolute atomic E-state index is 0.315. The predicted octanol–water partition coefficient (Wildman–Crippen LogP) is 4.29. The Labute approximate surface area is 198 Å². The Hall–Kier alpha value is -3.37. The summed E-state index contributed by atoms with van der Waals surface area (Å²) in [5.41, 5.74) is 1.18. The van der Waals surface area contributed by atoms with Gasteiger partial charge in [-0.2, -0.15) is 5.21 Å². The summed E-state index contributed by atoms with van der Waals surface area (Å²) in [6.45, 7) is 0.448. The third-order valence-corrected chi connectivity index (χ3v) is 5.52. The van der Waals surface area contributed by atoms with Crippen LogP contribution in [0.4, 0.5) is 11.4 Å². The normalized spacial score (nSPS) is 11.0. The van der Waals surface area contributed by atoms with Crippen LogP contribution in [0.2, 0.25) is 10.0 Å². The number of halogens is 2. The van der Waals surface area contributed by atoms with Crippen molar-refractivity contribution >= 4 is 45.5 Å². The molecule has 172 valence electrons. The van der Waals surface area contributed by atoms with Crippen molar-refractivity contribution < 1.29 is 9.47 Å². The van der Waals surface area contributed by atoms with Gasteiger partial charge in [0.05, 0.1) is 40.7 Å². The molecule has 0 spiro atoms. The van der Waals surface area contributed by atoms with Gasteiger partial charge in [-0.25, -0.2) is 0 Å². The van der Waals surface area contributed by atoms with E-state index in [9.17, 15) is 4.79 Å². The molecule has 4 rings (SSSR count). The van der Waals surface area contributed by atoms with Crippen LogP contribution in [0.5, 0.6) is 11.5 Å². The molecule has 3 heterocycles. The lowest BCUT2D eigenvalue weighted by Gasteiger charge is -2.16. The van der Waals surface area contributed by atoms with Crippen molar-refractivity contribution in [2.24, 2.45) is 0 Å². The van der Waals surface area contributed by atoms with Crippen LogP contribution >= 0.6 is 23.2 Å². The molecule has 0 aliphatic carbocycles. The fourth-order valence-corrected chi connectivity index (χ4v) is 3.84. The van der Waals surface area contributed by atoms with Crippen LogP contribution in [0.15, 0.2) is 35.4 Å². The molecule has 3 N–H and O–H groups in total. The lowest BCUT2D eigenvalue weighted by molar-refractivity contribution is 0.288. The van der Waals surface area contributed by atoms with Crippen LogP contribution in [-0.2, 0) is 6.42 Å². The molecule has 3 aromatic heterocycles. The number of benzene rings is 1. The summed E-state index contributed by atoms with van der Waals surface area (Å²) < 4.78 is 11.5. The Kier molecular flexibility index (Phi) is 7.26. The van der Waals surface area contributed by atoms with Crippen LogP contribution in [0, 0.1) is 0 Å². The zero-order chi connectivity index (χ0) is 23.2. The Morgan fingerprint density at radius 2 is 1.94 bits per heavy atom. The number of aryl methyl sites for hydroxylation is 1. The SMILES string of the molecule is COc1ccc2c(Nc3c(Cl)cncc3Cl)cc(=O)[nH]c2c1OCCCCCc1nn[nH]n1. The molecule has 10 nitrogen and oxygen atoms in total. The first-order valence-electron chi connectivity index (χ1n) is 10.2. The highest BCUT2D eigenvalue weighted by Gasteiger charge is 2.16. The maximum Gasteiger partial charge on any atom is 0.250 e. The van der Waals surface area contributed by atoms with Crippen LogP contribution < -0.4 is 20.3 Å². The van der Waals surface area contributed by atoms with Crippen LogP contribution in [-0.4, -0.2) is 44.3 Å². The summed E-state index contributed by atoms with van der Waals surface area (Å²) in [6, 6.07) is 5.05. The van der Waals surface area contributed by atoms with Gasteiger partial charge in [0.15, 0.2) is 17.3 Å². The van der Waals surface area contributed by atoms with Gasteiger partial charge in [-0.15, -0.1) is 10.2 Å². The largest absolute Gasteiger partial charge is 0.493 e. The van der Waals surface area contributed by atoms with E-state index < -0.39 is 0 Å². The number of H-pyrrole nitrogens is 2. The van der Waals surface area contributed by atoms with Crippen molar-refractivity contribution in [3.63, 3.8) is 0 Å². The monoisotopic (exact) mass is 489 g/mol. The maximum atomic E-state index is 12.5. The van der Waals surface area contributed by atoms with Crippen molar-refractivity contribution in [3.8, 4) is 11.5 Å². The number of hydrogen-bond donors (Lipinski definition) is 3. The zero-order valence-corrected chi connectivity index (χ0v) is 19.2. The molecule has 0 aliphatic rings. The number of ether oxygens (including phenoxy) is 2. The van der Waals surface area contributed by atoms with Gasteiger partial charge < -0.3 is 19.8 Å². The molecule has 0 amide bonds. The molecular weight excluding hydrogens is 469 g/mol. The molecular formula is C21H21Cl2N7O3. The topological polar surface area (TPSA) is 131 Å². The first kappa shape index (κ1) is 22.8. The molecule has 0 unspecified atom stereocenters. The number of anilines is 2.